The summed E-state index contributed by atoms with van der Waals surface area (Å²) in [6.07, 6.45) is 6.60. The van der Waals surface area contributed by atoms with Crippen LogP contribution in [0.3, 0.4) is 0 Å². The first-order valence-corrected chi connectivity index (χ1v) is 10.3. The Morgan fingerprint density at radius 1 is 1.17 bits per heavy atom. The summed E-state index contributed by atoms with van der Waals surface area (Å²) in [5.41, 5.74) is 2.49. The minimum atomic E-state index is -0.314. The lowest BCUT2D eigenvalue weighted by Gasteiger charge is -2.13. The average Bonchev–Trinajstić information content (AvgIpc) is 3.46. The molecule has 1 saturated carbocycles. The highest BCUT2D eigenvalue weighted by Crippen LogP contribution is 2.52. The van der Waals surface area contributed by atoms with Crippen molar-refractivity contribution in [3.8, 4) is 0 Å². The monoisotopic (exact) mass is 405 g/mol. The molecule has 2 amide bonds. The molecule has 0 spiro atoms. The number of benzene rings is 1. The van der Waals surface area contributed by atoms with E-state index in [2.05, 4.69) is 17.3 Å². The van der Waals surface area contributed by atoms with Crippen LogP contribution in [0.4, 0.5) is 0 Å². The smallest absolute Gasteiger partial charge is 0.325 e. The Kier molecular flexibility index (Phi) is 4.34. The molecule has 7 nitrogen and oxygen atoms in total. The van der Waals surface area contributed by atoms with Gasteiger partial charge >= 0.3 is 5.97 Å². The van der Waals surface area contributed by atoms with Gasteiger partial charge in [-0.25, -0.2) is 0 Å². The fourth-order valence-corrected chi connectivity index (χ4v) is 5.28. The highest BCUT2D eigenvalue weighted by molar-refractivity contribution is 6.08. The second-order valence-electron chi connectivity index (χ2n) is 8.14. The number of carbonyl (C=O) groups excluding carboxylic acids is 3. The molecule has 2 heterocycles. The van der Waals surface area contributed by atoms with Crippen LogP contribution in [-0.4, -0.2) is 40.2 Å². The summed E-state index contributed by atoms with van der Waals surface area (Å²) in [6.45, 7) is 4.09. The van der Waals surface area contributed by atoms with Crippen molar-refractivity contribution in [2.24, 2.45) is 28.8 Å². The van der Waals surface area contributed by atoms with Gasteiger partial charge in [-0.05, 0) is 38.2 Å². The molecule has 2 aliphatic carbocycles. The first-order valence-electron chi connectivity index (χ1n) is 10.3. The van der Waals surface area contributed by atoms with E-state index < -0.39 is 0 Å². The van der Waals surface area contributed by atoms with Gasteiger partial charge in [-0.2, -0.15) is 10.1 Å². The molecule has 0 radical (unpaired) electrons. The molecular formula is C23H23N3O4. The van der Waals surface area contributed by atoms with Crippen LogP contribution in [0, 0.1) is 30.6 Å². The summed E-state index contributed by atoms with van der Waals surface area (Å²) in [4.78, 5) is 37.8. The average molecular weight is 405 g/mol. The Morgan fingerprint density at radius 2 is 1.83 bits per heavy atom. The number of allylic oxidation sites excluding steroid dienone is 2. The van der Waals surface area contributed by atoms with Crippen molar-refractivity contribution in [1.29, 1.82) is 0 Å². The summed E-state index contributed by atoms with van der Waals surface area (Å²) in [6, 6.07) is 7.69. The van der Waals surface area contributed by atoms with Crippen LogP contribution in [0.1, 0.15) is 24.6 Å². The first-order chi connectivity index (χ1) is 14.5. The maximum Gasteiger partial charge on any atom is 0.325 e. The van der Waals surface area contributed by atoms with E-state index in [-0.39, 0.29) is 48.0 Å². The van der Waals surface area contributed by atoms with Crippen LogP contribution in [0.2, 0.25) is 0 Å². The van der Waals surface area contributed by atoms with E-state index in [0.29, 0.717) is 6.61 Å². The maximum absolute atomic E-state index is 12.9. The minimum Gasteiger partial charge on any atom is -0.465 e. The zero-order valence-corrected chi connectivity index (χ0v) is 16.9. The third-order valence-electron chi connectivity index (χ3n) is 6.62. The van der Waals surface area contributed by atoms with E-state index >= 15 is 0 Å². The molecule has 2 fully saturated rings. The Balaban J connectivity index is 1.48. The van der Waals surface area contributed by atoms with E-state index in [0.717, 1.165) is 33.6 Å². The summed E-state index contributed by atoms with van der Waals surface area (Å²) >= 11 is 0. The van der Waals surface area contributed by atoms with E-state index in [1.54, 1.807) is 13.1 Å². The van der Waals surface area contributed by atoms with Crippen LogP contribution in [0.5, 0.6) is 0 Å². The number of hydrogen-bond acceptors (Lipinski definition) is 5. The normalized spacial score (nSPS) is 27.1. The zero-order valence-electron chi connectivity index (χ0n) is 16.9. The Morgan fingerprint density at radius 3 is 2.50 bits per heavy atom. The molecule has 1 aromatic heterocycles. The molecule has 4 atom stereocenters. The third-order valence-corrected chi connectivity index (χ3v) is 6.62. The second-order valence-corrected chi connectivity index (χ2v) is 8.14. The number of carbonyl (C=O) groups is 3. The van der Waals surface area contributed by atoms with Crippen molar-refractivity contribution < 1.29 is 19.1 Å². The van der Waals surface area contributed by atoms with Crippen molar-refractivity contribution in [2.75, 3.05) is 6.61 Å². The van der Waals surface area contributed by atoms with Crippen LogP contribution < -0.4 is 0 Å². The first kappa shape index (κ1) is 18.8. The number of aromatic nitrogens is 1. The lowest BCUT2D eigenvalue weighted by atomic mass is 9.85. The predicted octanol–water partition coefficient (Wildman–Crippen LogP) is 2.65. The largest absolute Gasteiger partial charge is 0.465 e. The molecule has 7 heteroatoms. The van der Waals surface area contributed by atoms with Gasteiger partial charge in [-0.15, -0.1) is 0 Å². The number of rotatable bonds is 5. The summed E-state index contributed by atoms with van der Waals surface area (Å²) in [5, 5.41) is 6.29. The molecule has 2 aromatic rings. The highest BCUT2D eigenvalue weighted by Gasteiger charge is 2.59. The van der Waals surface area contributed by atoms with Gasteiger partial charge in [-0.1, -0.05) is 30.4 Å². The minimum absolute atomic E-state index is 0.0920. The topological polar surface area (TPSA) is 81.0 Å². The number of esters is 1. The van der Waals surface area contributed by atoms with Crippen LogP contribution in [0.15, 0.2) is 41.5 Å². The van der Waals surface area contributed by atoms with Crippen molar-refractivity contribution in [2.45, 2.75) is 26.8 Å². The molecule has 1 aliphatic heterocycles. The van der Waals surface area contributed by atoms with Crippen LogP contribution in [-0.2, 0) is 25.7 Å². The molecule has 30 heavy (non-hydrogen) atoms. The standard InChI is InChI=1S/C23H23N3O4/c1-3-30-19(27)12-25-13(2)17(16-6-4-5-7-18(16)25)11-24-26-22(28)20-14-8-9-15(10-14)21(20)23(26)29/h4-9,11,14-15,20-21H,3,10,12H2,1-2H3/b24-11-/t14-,15-,20-,21-/m0/s1. The molecule has 3 aliphatic rings. The van der Waals surface area contributed by atoms with E-state index in [1.807, 2.05) is 35.8 Å². The lowest BCUT2D eigenvalue weighted by Crippen LogP contribution is -2.28. The molecule has 2 bridgehead atoms. The summed E-state index contributed by atoms with van der Waals surface area (Å²) < 4.78 is 6.98. The molecule has 1 aromatic carbocycles. The number of amides is 2. The maximum atomic E-state index is 12.9. The molecule has 5 rings (SSSR count). The Bertz CT molecular complexity index is 1100. The number of hydrazone groups is 1. The quantitative estimate of drug-likeness (QED) is 0.331. The van der Waals surface area contributed by atoms with Gasteiger partial charge in [0.05, 0.1) is 24.7 Å². The van der Waals surface area contributed by atoms with Crippen molar-refractivity contribution in [3.63, 3.8) is 0 Å². The number of ether oxygens (including phenoxy) is 1. The van der Waals surface area contributed by atoms with Gasteiger partial charge in [-0.3, -0.25) is 14.4 Å². The van der Waals surface area contributed by atoms with E-state index in [1.165, 1.54) is 0 Å². The predicted molar refractivity (Wildman–Crippen MR) is 110 cm³/mol. The van der Waals surface area contributed by atoms with Gasteiger partial charge in [0.25, 0.3) is 11.8 Å². The molecule has 0 unspecified atom stereocenters. The number of para-hydroxylation sites is 1. The Labute approximate surface area is 174 Å². The number of imide groups is 1. The fraction of sp³-hybridized carbons (Fsp3) is 0.391. The van der Waals surface area contributed by atoms with Gasteiger partial charge in [0.15, 0.2) is 0 Å². The second kappa shape index (κ2) is 6.93. The van der Waals surface area contributed by atoms with Gasteiger partial charge in [0.2, 0.25) is 0 Å². The number of fused-ring (bicyclic) bond motifs is 6. The summed E-state index contributed by atoms with van der Waals surface area (Å²) in [7, 11) is 0. The Hall–Kier alpha value is -3.22. The fourth-order valence-electron chi connectivity index (χ4n) is 5.28. The SMILES string of the molecule is CCOC(=O)Cn1c(C)c(/C=N\N2C(=O)[C@@H]3[C@@H](C2=O)[C@H]2C=C[C@H]3C2)c2ccccc21. The highest BCUT2D eigenvalue weighted by atomic mass is 16.5. The van der Waals surface area contributed by atoms with Crippen molar-refractivity contribution >= 4 is 34.9 Å². The van der Waals surface area contributed by atoms with Gasteiger partial charge < -0.3 is 9.30 Å². The summed E-state index contributed by atoms with van der Waals surface area (Å²) in [5.74, 6) is -0.941. The van der Waals surface area contributed by atoms with E-state index in [9.17, 15) is 14.4 Å². The van der Waals surface area contributed by atoms with Crippen LogP contribution >= 0.6 is 0 Å². The number of nitrogens with zero attached hydrogens (tertiary/aromatic N) is 3. The van der Waals surface area contributed by atoms with Crippen LogP contribution in [0.25, 0.3) is 10.9 Å². The number of hydrogen-bond donors (Lipinski definition) is 0. The van der Waals surface area contributed by atoms with E-state index in [4.69, 9.17) is 4.74 Å². The lowest BCUT2D eigenvalue weighted by molar-refractivity contribution is -0.144. The molecule has 0 N–H and O–H groups in total. The zero-order chi connectivity index (χ0) is 21.0. The third kappa shape index (κ3) is 2.65. The van der Waals surface area contributed by atoms with Crippen molar-refractivity contribution in [1.82, 2.24) is 9.58 Å². The molecule has 154 valence electrons. The van der Waals surface area contributed by atoms with Gasteiger partial charge in [0, 0.05) is 22.2 Å². The molecule has 1 saturated heterocycles. The molecular weight excluding hydrogens is 382 g/mol. The van der Waals surface area contributed by atoms with Crippen molar-refractivity contribution in [3.05, 3.63) is 47.7 Å². The van der Waals surface area contributed by atoms with Gasteiger partial charge in [0.1, 0.15) is 6.54 Å².